The molecule has 2 heterocycles. The van der Waals surface area contributed by atoms with E-state index in [2.05, 4.69) is 15.4 Å². The van der Waals surface area contributed by atoms with E-state index in [4.69, 9.17) is 16.3 Å². The highest BCUT2D eigenvalue weighted by molar-refractivity contribution is 6.31. The van der Waals surface area contributed by atoms with Crippen LogP contribution in [-0.4, -0.2) is 20.8 Å². The maximum absolute atomic E-state index is 6.16. The van der Waals surface area contributed by atoms with Crippen molar-refractivity contribution in [3.63, 3.8) is 0 Å². The number of hydrogen-bond acceptors (Lipinski definition) is 4. The van der Waals surface area contributed by atoms with Crippen molar-refractivity contribution < 1.29 is 4.74 Å². The molecule has 1 saturated carbocycles. The normalized spacial score (nSPS) is 14.6. The van der Waals surface area contributed by atoms with E-state index in [9.17, 15) is 0 Å². The van der Waals surface area contributed by atoms with Gasteiger partial charge in [-0.25, -0.2) is 9.67 Å². The van der Waals surface area contributed by atoms with Gasteiger partial charge in [-0.1, -0.05) is 11.6 Å². The number of ether oxygens (including phenoxy) is 1. The van der Waals surface area contributed by atoms with E-state index in [1.165, 1.54) is 12.8 Å². The Kier molecular flexibility index (Phi) is 3.63. The minimum absolute atomic E-state index is 0.532. The monoisotopic (exact) mass is 292 g/mol. The van der Waals surface area contributed by atoms with Crippen molar-refractivity contribution in [2.45, 2.75) is 32.4 Å². The Morgan fingerprint density at radius 3 is 2.90 bits per heavy atom. The van der Waals surface area contributed by atoms with Crippen LogP contribution in [0.1, 0.15) is 24.1 Å². The maximum Gasteiger partial charge on any atom is 0.221 e. The molecule has 0 unspecified atom stereocenters. The number of rotatable bonds is 5. The number of aromatic nitrogens is 3. The van der Waals surface area contributed by atoms with Crippen molar-refractivity contribution in [3.8, 4) is 11.8 Å². The first-order valence-electron chi connectivity index (χ1n) is 6.68. The summed E-state index contributed by atoms with van der Waals surface area (Å²) >= 11 is 6.16. The second kappa shape index (κ2) is 5.42. The van der Waals surface area contributed by atoms with Crippen LogP contribution < -0.4 is 10.1 Å². The van der Waals surface area contributed by atoms with Gasteiger partial charge < -0.3 is 10.1 Å². The highest BCUT2D eigenvalue weighted by atomic mass is 35.5. The Morgan fingerprint density at radius 2 is 2.25 bits per heavy atom. The summed E-state index contributed by atoms with van der Waals surface area (Å²) in [5.74, 6) is 1.20. The molecule has 5 nitrogen and oxygen atoms in total. The molecule has 0 bridgehead atoms. The van der Waals surface area contributed by atoms with Crippen LogP contribution in [0.15, 0.2) is 18.3 Å². The van der Waals surface area contributed by atoms with Gasteiger partial charge in [0.15, 0.2) is 0 Å². The van der Waals surface area contributed by atoms with E-state index in [0.29, 0.717) is 22.8 Å². The van der Waals surface area contributed by atoms with E-state index in [-0.39, 0.29) is 0 Å². The van der Waals surface area contributed by atoms with Crippen LogP contribution in [0.4, 0.5) is 0 Å². The van der Waals surface area contributed by atoms with E-state index in [0.717, 1.165) is 17.8 Å². The minimum Gasteiger partial charge on any atom is -0.421 e. The fraction of sp³-hybridized carbons (Fsp3) is 0.429. The molecule has 1 N–H and O–H groups in total. The van der Waals surface area contributed by atoms with Crippen LogP contribution in [0.25, 0.3) is 0 Å². The van der Waals surface area contributed by atoms with Crippen LogP contribution >= 0.6 is 11.6 Å². The van der Waals surface area contributed by atoms with Gasteiger partial charge in [0.05, 0.1) is 10.7 Å². The van der Waals surface area contributed by atoms with Gasteiger partial charge in [0.1, 0.15) is 0 Å². The van der Waals surface area contributed by atoms with Crippen LogP contribution in [-0.2, 0) is 13.6 Å². The number of nitrogens with zero attached hydrogens (tertiary/aromatic N) is 3. The molecule has 1 aliphatic rings. The highest BCUT2D eigenvalue weighted by Crippen LogP contribution is 2.25. The molecule has 6 heteroatoms. The fourth-order valence-electron chi connectivity index (χ4n) is 1.98. The summed E-state index contributed by atoms with van der Waals surface area (Å²) in [6.45, 7) is 2.67. The second-order valence-corrected chi connectivity index (χ2v) is 5.53. The van der Waals surface area contributed by atoms with Gasteiger partial charge >= 0.3 is 0 Å². The van der Waals surface area contributed by atoms with Crippen molar-refractivity contribution in [1.29, 1.82) is 0 Å². The topological polar surface area (TPSA) is 52.0 Å². The molecule has 0 aliphatic heterocycles. The molecule has 1 fully saturated rings. The second-order valence-electron chi connectivity index (χ2n) is 5.12. The molecule has 0 saturated heterocycles. The molecule has 0 spiro atoms. The number of nitrogens with one attached hydrogen (secondary N) is 1. The van der Waals surface area contributed by atoms with E-state index in [1.54, 1.807) is 10.9 Å². The standard InChI is InChI=1S/C14H17ClN4O/c1-9-5-14(19(2)18-9)20-13-6-10(12(15)8-17-13)7-16-11-3-4-11/h5-6,8,11,16H,3-4,7H2,1-2H3. The van der Waals surface area contributed by atoms with Gasteiger partial charge in [-0.15, -0.1) is 0 Å². The first-order chi connectivity index (χ1) is 9.61. The lowest BCUT2D eigenvalue weighted by atomic mass is 10.2. The molecule has 20 heavy (non-hydrogen) atoms. The van der Waals surface area contributed by atoms with Crippen LogP contribution in [0.5, 0.6) is 11.8 Å². The first kappa shape index (κ1) is 13.4. The molecular formula is C14H17ClN4O. The maximum atomic E-state index is 6.16. The van der Waals surface area contributed by atoms with E-state index in [1.807, 2.05) is 26.1 Å². The summed E-state index contributed by atoms with van der Waals surface area (Å²) in [7, 11) is 1.84. The third-order valence-electron chi connectivity index (χ3n) is 3.24. The molecule has 2 aromatic rings. The molecule has 0 aromatic carbocycles. The van der Waals surface area contributed by atoms with Gasteiger partial charge in [0.2, 0.25) is 11.8 Å². The van der Waals surface area contributed by atoms with Gasteiger partial charge in [-0.2, -0.15) is 5.10 Å². The van der Waals surface area contributed by atoms with Crippen LogP contribution in [0.3, 0.4) is 0 Å². The van der Waals surface area contributed by atoms with Gasteiger partial charge in [-0.3, -0.25) is 0 Å². The average molecular weight is 293 g/mol. The van der Waals surface area contributed by atoms with E-state index < -0.39 is 0 Å². The summed E-state index contributed by atoms with van der Waals surface area (Å²) in [4.78, 5) is 4.20. The number of pyridine rings is 1. The first-order valence-corrected chi connectivity index (χ1v) is 7.06. The third-order valence-corrected chi connectivity index (χ3v) is 3.58. The predicted molar refractivity (Wildman–Crippen MR) is 77.1 cm³/mol. The van der Waals surface area contributed by atoms with Gasteiger partial charge in [-0.05, 0) is 25.3 Å². The smallest absolute Gasteiger partial charge is 0.221 e. The zero-order valence-electron chi connectivity index (χ0n) is 11.6. The van der Waals surface area contributed by atoms with Crippen molar-refractivity contribution in [1.82, 2.24) is 20.1 Å². The summed E-state index contributed by atoms with van der Waals surface area (Å²) < 4.78 is 7.44. The predicted octanol–water partition coefficient (Wildman–Crippen LogP) is 2.82. The number of halogens is 1. The molecule has 0 amide bonds. The fourth-order valence-corrected chi connectivity index (χ4v) is 2.15. The van der Waals surface area contributed by atoms with E-state index >= 15 is 0 Å². The Balaban J connectivity index is 1.75. The summed E-state index contributed by atoms with van der Waals surface area (Å²) in [6, 6.07) is 4.39. The molecular weight excluding hydrogens is 276 g/mol. The zero-order valence-corrected chi connectivity index (χ0v) is 12.3. The van der Waals surface area contributed by atoms with Crippen LogP contribution in [0, 0.1) is 6.92 Å². The van der Waals surface area contributed by atoms with Crippen LogP contribution in [0.2, 0.25) is 5.02 Å². The summed E-state index contributed by atoms with van der Waals surface area (Å²) in [6.07, 6.45) is 4.13. The molecule has 1 aliphatic carbocycles. The lowest BCUT2D eigenvalue weighted by Gasteiger charge is -2.09. The number of aryl methyl sites for hydroxylation is 2. The molecule has 0 radical (unpaired) electrons. The van der Waals surface area contributed by atoms with Gasteiger partial charge in [0, 0.05) is 38.0 Å². The molecule has 106 valence electrons. The van der Waals surface area contributed by atoms with Gasteiger partial charge in [0.25, 0.3) is 0 Å². The lowest BCUT2D eigenvalue weighted by molar-refractivity contribution is 0.414. The van der Waals surface area contributed by atoms with Crippen molar-refractivity contribution >= 4 is 11.6 Å². The Labute approximate surface area is 122 Å². The van der Waals surface area contributed by atoms with Crippen molar-refractivity contribution in [2.75, 3.05) is 0 Å². The minimum atomic E-state index is 0.532. The lowest BCUT2D eigenvalue weighted by Crippen LogP contribution is -2.15. The Hall–Kier alpha value is -1.59. The Bertz CT molecular complexity index is 622. The summed E-state index contributed by atoms with van der Waals surface area (Å²) in [5.41, 5.74) is 1.91. The molecule has 3 rings (SSSR count). The van der Waals surface area contributed by atoms with Crippen molar-refractivity contribution in [2.24, 2.45) is 7.05 Å². The molecule has 0 atom stereocenters. The molecule has 2 aromatic heterocycles. The summed E-state index contributed by atoms with van der Waals surface area (Å²) in [5, 5.41) is 8.33. The van der Waals surface area contributed by atoms with Crippen molar-refractivity contribution in [3.05, 3.63) is 34.6 Å². The zero-order chi connectivity index (χ0) is 14.1. The average Bonchev–Trinajstić information content (AvgIpc) is 3.17. The third kappa shape index (κ3) is 3.11. The largest absolute Gasteiger partial charge is 0.421 e. The Morgan fingerprint density at radius 1 is 1.45 bits per heavy atom. The quantitative estimate of drug-likeness (QED) is 0.921. The number of hydrogen-bond donors (Lipinski definition) is 1. The highest BCUT2D eigenvalue weighted by Gasteiger charge is 2.20. The SMILES string of the molecule is Cc1cc(Oc2cc(CNC3CC3)c(Cl)cn2)n(C)n1.